The number of carbonyl (C=O) groups excluding carboxylic acids is 1. The fourth-order valence-corrected chi connectivity index (χ4v) is 2.41. The minimum absolute atomic E-state index is 0.129. The first kappa shape index (κ1) is 16.7. The zero-order valence-corrected chi connectivity index (χ0v) is 14.1. The first-order valence-electron chi connectivity index (χ1n) is 6.75. The van der Waals surface area contributed by atoms with Crippen LogP contribution in [0.2, 0.25) is 10.0 Å². The van der Waals surface area contributed by atoms with Crippen molar-refractivity contribution < 1.29 is 9.53 Å². The van der Waals surface area contributed by atoms with Crippen molar-refractivity contribution in [2.45, 2.75) is 19.3 Å². The molecule has 0 saturated carbocycles. The molecule has 0 atom stereocenters. The topological polar surface area (TPSA) is 38.3 Å². The molecule has 3 nitrogen and oxygen atoms in total. The number of methoxy groups -OCH3 is 1. The second-order valence-electron chi connectivity index (χ2n) is 5.44. The Morgan fingerprint density at radius 2 is 1.73 bits per heavy atom. The predicted octanol–water partition coefficient (Wildman–Crippen LogP) is 4.92. The summed E-state index contributed by atoms with van der Waals surface area (Å²) in [6, 6.07) is 12.4. The van der Waals surface area contributed by atoms with Crippen LogP contribution in [0.4, 0.5) is 5.69 Å². The molecule has 116 valence electrons. The van der Waals surface area contributed by atoms with Gasteiger partial charge in [0.25, 0.3) is 0 Å². The molecule has 0 fully saturated rings. The Labute approximate surface area is 140 Å². The molecule has 22 heavy (non-hydrogen) atoms. The van der Waals surface area contributed by atoms with Gasteiger partial charge in [-0.1, -0.05) is 35.3 Å². The van der Waals surface area contributed by atoms with Crippen LogP contribution in [0, 0.1) is 0 Å². The summed E-state index contributed by atoms with van der Waals surface area (Å²) in [7, 11) is 1.54. The maximum atomic E-state index is 12.6. The standard InChI is InChI=1S/C17H17Cl2NO2/c1-17(2,11-4-6-12(18)7-5-11)16(21)20-13-8-9-15(22-3)14(19)10-13/h4-10H,1-3H3,(H,20,21). The van der Waals surface area contributed by atoms with E-state index in [-0.39, 0.29) is 5.91 Å². The third kappa shape index (κ3) is 3.54. The summed E-state index contributed by atoms with van der Waals surface area (Å²) in [5.74, 6) is 0.438. The van der Waals surface area contributed by atoms with Crippen molar-refractivity contribution >= 4 is 34.8 Å². The predicted molar refractivity (Wildman–Crippen MR) is 91.1 cm³/mol. The molecule has 1 amide bonds. The lowest BCUT2D eigenvalue weighted by molar-refractivity contribution is -0.120. The summed E-state index contributed by atoms with van der Waals surface area (Å²) in [6.45, 7) is 3.72. The van der Waals surface area contributed by atoms with E-state index in [2.05, 4.69) is 5.32 Å². The highest BCUT2D eigenvalue weighted by Gasteiger charge is 2.29. The lowest BCUT2D eigenvalue weighted by atomic mass is 9.83. The number of amides is 1. The highest BCUT2D eigenvalue weighted by atomic mass is 35.5. The summed E-state index contributed by atoms with van der Waals surface area (Å²) in [5.41, 5.74) is 0.809. The SMILES string of the molecule is COc1ccc(NC(=O)C(C)(C)c2ccc(Cl)cc2)cc1Cl. The molecule has 0 bridgehead atoms. The number of nitrogens with one attached hydrogen (secondary N) is 1. The molecule has 5 heteroatoms. The van der Waals surface area contributed by atoms with Gasteiger partial charge >= 0.3 is 0 Å². The first-order valence-corrected chi connectivity index (χ1v) is 7.51. The summed E-state index contributed by atoms with van der Waals surface area (Å²) < 4.78 is 5.10. The molecule has 0 heterocycles. The van der Waals surface area contributed by atoms with Gasteiger partial charge in [-0.15, -0.1) is 0 Å². The highest BCUT2D eigenvalue weighted by Crippen LogP contribution is 2.30. The maximum absolute atomic E-state index is 12.6. The molecule has 0 unspecified atom stereocenters. The Bertz CT molecular complexity index is 682. The zero-order valence-electron chi connectivity index (χ0n) is 12.6. The molecule has 0 saturated heterocycles. The summed E-state index contributed by atoms with van der Waals surface area (Å²) >= 11 is 12.0. The Hall–Kier alpha value is -1.71. The van der Waals surface area contributed by atoms with Gasteiger partial charge in [0.2, 0.25) is 5.91 Å². The molecule has 2 aromatic carbocycles. The number of anilines is 1. The highest BCUT2D eigenvalue weighted by molar-refractivity contribution is 6.32. The van der Waals surface area contributed by atoms with Crippen molar-refractivity contribution in [3.63, 3.8) is 0 Å². The van der Waals surface area contributed by atoms with Crippen LogP contribution in [0.15, 0.2) is 42.5 Å². The van der Waals surface area contributed by atoms with Gasteiger partial charge in [0.15, 0.2) is 0 Å². The van der Waals surface area contributed by atoms with Crippen molar-refractivity contribution in [1.29, 1.82) is 0 Å². The molecular formula is C17H17Cl2NO2. The molecular weight excluding hydrogens is 321 g/mol. The van der Waals surface area contributed by atoms with E-state index >= 15 is 0 Å². The average molecular weight is 338 g/mol. The Kier molecular flexibility index (Phi) is 4.99. The van der Waals surface area contributed by atoms with E-state index in [0.717, 1.165) is 5.56 Å². The molecule has 0 aliphatic carbocycles. The van der Waals surface area contributed by atoms with Crippen LogP contribution in [-0.4, -0.2) is 13.0 Å². The molecule has 0 aromatic heterocycles. The Morgan fingerprint density at radius 1 is 1.09 bits per heavy atom. The number of benzene rings is 2. The third-order valence-electron chi connectivity index (χ3n) is 3.54. The molecule has 0 spiro atoms. The van der Waals surface area contributed by atoms with Crippen LogP contribution in [0.3, 0.4) is 0 Å². The van der Waals surface area contributed by atoms with Gasteiger partial charge in [-0.05, 0) is 49.7 Å². The Balaban J connectivity index is 2.20. The monoisotopic (exact) mass is 337 g/mol. The number of ether oxygens (including phenoxy) is 1. The van der Waals surface area contributed by atoms with E-state index in [1.165, 1.54) is 0 Å². The van der Waals surface area contributed by atoms with Gasteiger partial charge in [0.05, 0.1) is 17.5 Å². The van der Waals surface area contributed by atoms with Crippen molar-refractivity contribution in [3.05, 3.63) is 58.1 Å². The van der Waals surface area contributed by atoms with Crippen LogP contribution in [-0.2, 0) is 10.2 Å². The molecule has 2 rings (SSSR count). The number of carbonyl (C=O) groups is 1. The zero-order chi connectivity index (χ0) is 16.3. The lowest BCUT2D eigenvalue weighted by Crippen LogP contribution is -2.34. The van der Waals surface area contributed by atoms with Gasteiger partial charge in [-0.3, -0.25) is 4.79 Å². The van der Waals surface area contributed by atoms with E-state index < -0.39 is 5.41 Å². The number of hydrogen-bond donors (Lipinski definition) is 1. The maximum Gasteiger partial charge on any atom is 0.234 e. The summed E-state index contributed by atoms with van der Waals surface area (Å²) in [4.78, 5) is 12.6. The van der Waals surface area contributed by atoms with Gasteiger partial charge in [-0.2, -0.15) is 0 Å². The number of halogens is 2. The van der Waals surface area contributed by atoms with Gasteiger partial charge < -0.3 is 10.1 Å². The van der Waals surface area contributed by atoms with Crippen molar-refractivity contribution in [2.24, 2.45) is 0 Å². The summed E-state index contributed by atoms with van der Waals surface area (Å²) in [6.07, 6.45) is 0. The second kappa shape index (κ2) is 6.59. The van der Waals surface area contributed by atoms with Crippen LogP contribution in [0.5, 0.6) is 5.75 Å². The Morgan fingerprint density at radius 3 is 2.27 bits per heavy atom. The largest absolute Gasteiger partial charge is 0.495 e. The van der Waals surface area contributed by atoms with Crippen molar-refractivity contribution in [2.75, 3.05) is 12.4 Å². The van der Waals surface area contributed by atoms with Crippen molar-refractivity contribution in [1.82, 2.24) is 0 Å². The average Bonchev–Trinajstić information content (AvgIpc) is 2.48. The van der Waals surface area contributed by atoms with Crippen LogP contribution in [0.25, 0.3) is 0 Å². The molecule has 0 aliphatic heterocycles. The normalized spacial score (nSPS) is 11.1. The molecule has 1 N–H and O–H groups in total. The van der Waals surface area contributed by atoms with E-state index in [1.54, 1.807) is 37.4 Å². The smallest absolute Gasteiger partial charge is 0.234 e. The van der Waals surface area contributed by atoms with E-state index in [4.69, 9.17) is 27.9 Å². The van der Waals surface area contributed by atoms with Crippen LogP contribution >= 0.6 is 23.2 Å². The van der Waals surface area contributed by atoms with E-state index in [9.17, 15) is 4.79 Å². The quantitative estimate of drug-likeness (QED) is 0.859. The van der Waals surface area contributed by atoms with Crippen LogP contribution < -0.4 is 10.1 Å². The minimum Gasteiger partial charge on any atom is -0.495 e. The fraction of sp³-hybridized carbons (Fsp3) is 0.235. The molecule has 0 radical (unpaired) electrons. The lowest BCUT2D eigenvalue weighted by Gasteiger charge is -2.24. The van der Waals surface area contributed by atoms with E-state index in [0.29, 0.717) is 21.5 Å². The summed E-state index contributed by atoms with van der Waals surface area (Å²) in [5, 5.41) is 3.96. The fourth-order valence-electron chi connectivity index (χ4n) is 2.03. The van der Waals surface area contributed by atoms with Gasteiger partial charge in [0, 0.05) is 10.7 Å². The van der Waals surface area contributed by atoms with Crippen LogP contribution in [0.1, 0.15) is 19.4 Å². The van der Waals surface area contributed by atoms with Crippen molar-refractivity contribution in [3.8, 4) is 5.75 Å². The molecule has 0 aliphatic rings. The first-order chi connectivity index (χ1) is 10.3. The molecule has 2 aromatic rings. The van der Waals surface area contributed by atoms with Gasteiger partial charge in [0.1, 0.15) is 5.75 Å². The third-order valence-corrected chi connectivity index (χ3v) is 4.09. The van der Waals surface area contributed by atoms with Gasteiger partial charge in [-0.25, -0.2) is 0 Å². The number of rotatable bonds is 4. The number of hydrogen-bond acceptors (Lipinski definition) is 2. The second-order valence-corrected chi connectivity index (χ2v) is 6.28. The minimum atomic E-state index is -0.697. The van der Waals surface area contributed by atoms with E-state index in [1.807, 2.05) is 26.0 Å².